The molecule has 1 aromatic heterocycles. The molecule has 0 saturated carbocycles. The maximum Gasteiger partial charge on any atom is 0.306 e. The molecule has 0 bridgehead atoms. The number of carbonyl (C=O) groups is 1. The van der Waals surface area contributed by atoms with Crippen LogP contribution in [0.25, 0.3) is 10.8 Å². The molecule has 0 spiro atoms. The first-order valence-electron chi connectivity index (χ1n) is 6.78. The Balaban J connectivity index is 2.00. The maximum absolute atomic E-state index is 10.7. The van der Waals surface area contributed by atoms with Crippen molar-refractivity contribution in [3.05, 3.63) is 30.0 Å². The molecule has 0 amide bonds. The van der Waals surface area contributed by atoms with Gasteiger partial charge in [-0.3, -0.25) is 4.79 Å². The molecule has 1 aromatic carbocycles. The van der Waals surface area contributed by atoms with Crippen LogP contribution in [0.2, 0.25) is 0 Å². The van der Waals surface area contributed by atoms with Crippen molar-refractivity contribution in [1.82, 2.24) is 10.2 Å². The Morgan fingerprint density at radius 1 is 1.30 bits per heavy atom. The number of nitrogens with zero attached hydrogens (tertiary/aromatic N) is 2. The van der Waals surface area contributed by atoms with E-state index in [9.17, 15) is 4.79 Å². The Morgan fingerprint density at radius 3 is 2.70 bits per heavy atom. The number of aromatic nitrogens is 2. The summed E-state index contributed by atoms with van der Waals surface area (Å²) in [7, 11) is 0. The van der Waals surface area contributed by atoms with Gasteiger partial charge in [0.1, 0.15) is 0 Å². The molecule has 1 atom stereocenters. The first-order valence-corrected chi connectivity index (χ1v) is 6.78. The second-order valence-corrected chi connectivity index (χ2v) is 4.99. The van der Waals surface area contributed by atoms with Crippen LogP contribution in [-0.2, 0) is 4.79 Å². The highest BCUT2D eigenvalue weighted by atomic mass is 16.4. The predicted octanol–water partition coefficient (Wildman–Crippen LogP) is 2.85. The van der Waals surface area contributed by atoms with Crippen LogP contribution in [0.5, 0.6) is 0 Å². The van der Waals surface area contributed by atoms with Gasteiger partial charge in [-0.15, -0.1) is 5.10 Å². The summed E-state index contributed by atoms with van der Waals surface area (Å²) in [6.45, 7) is 4.36. The summed E-state index contributed by atoms with van der Waals surface area (Å²) in [6, 6.07) is 7.99. The van der Waals surface area contributed by atoms with Crippen LogP contribution < -0.4 is 5.32 Å². The number of carboxylic acid groups (broad SMARTS) is 1. The Kier molecular flexibility index (Phi) is 4.50. The van der Waals surface area contributed by atoms with Crippen molar-refractivity contribution in [2.75, 3.05) is 11.9 Å². The lowest BCUT2D eigenvalue weighted by Gasteiger charge is -2.10. The van der Waals surface area contributed by atoms with E-state index in [1.54, 1.807) is 6.92 Å². The number of aryl methyl sites for hydroxylation is 1. The molecule has 0 saturated heterocycles. The number of aliphatic carboxylic acids is 1. The minimum absolute atomic E-state index is 0.308. The van der Waals surface area contributed by atoms with E-state index in [4.69, 9.17) is 5.11 Å². The highest BCUT2D eigenvalue weighted by Gasteiger charge is 2.10. The third-order valence-corrected chi connectivity index (χ3v) is 3.40. The highest BCUT2D eigenvalue weighted by Crippen LogP contribution is 2.22. The Bertz CT molecular complexity index is 613. The van der Waals surface area contributed by atoms with E-state index >= 15 is 0 Å². The van der Waals surface area contributed by atoms with Crippen LogP contribution in [-0.4, -0.2) is 27.8 Å². The lowest BCUT2D eigenvalue weighted by atomic mass is 10.1. The molecule has 0 fully saturated rings. The molecule has 5 nitrogen and oxygen atoms in total. The van der Waals surface area contributed by atoms with Gasteiger partial charge < -0.3 is 10.4 Å². The molecule has 0 aliphatic rings. The Labute approximate surface area is 118 Å². The van der Waals surface area contributed by atoms with Gasteiger partial charge in [-0.2, -0.15) is 5.10 Å². The standard InChI is InChI=1S/C15H19N3O2/c1-10(15(19)20)6-5-9-16-14-13-8-4-3-7-12(13)11(2)17-18-14/h3-4,7-8,10H,5-6,9H2,1-2H3,(H,16,18)(H,19,20). The third kappa shape index (κ3) is 3.23. The molecule has 0 aliphatic heterocycles. The molecule has 0 radical (unpaired) electrons. The topological polar surface area (TPSA) is 75.1 Å². The van der Waals surface area contributed by atoms with Crippen molar-refractivity contribution in [2.45, 2.75) is 26.7 Å². The fourth-order valence-corrected chi connectivity index (χ4v) is 2.11. The second-order valence-electron chi connectivity index (χ2n) is 4.99. The van der Waals surface area contributed by atoms with Crippen LogP contribution in [0, 0.1) is 12.8 Å². The summed E-state index contributed by atoms with van der Waals surface area (Å²) >= 11 is 0. The van der Waals surface area contributed by atoms with E-state index in [0.29, 0.717) is 13.0 Å². The maximum atomic E-state index is 10.7. The van der Waals surface area contributed by atoms with Crippen molar-refractivity contribution < 1.29 is 9.90 Å². The number of rotatable bonds is 6. The fraction of sp³-hybridized carbons (Fsp3) is 0.400. The average Bonchev–Trinajstić information content (AvgIpc) is 2.45. The smallest absolute Gasteiger partial charge is 0.306 e. The number of hydrogen-bond donors (Lipinski definition) is 2. The van der Waals surface area contributed by atoms with Crippen molar-refractivity contribution in [3.8, 4) is 0 Å². The summed E-state index contributed by atoms with van der Waals surface area (Å²) in [4.78, 5) is 10.7. The number of fused-ring (bicyclic) bond motifs is 1. The molecule has 106 valence electrons. The molecule has 0 aliphatic carbocycles. The van der Waals surface area contributed by atoms with Gasteiger partial charge in [0, 0.05) is 17.3 Å². The SMILES string of the molecule is Cc1nnc(NCCCC(C)C(=O)O)c2ccccc12. The van der Waals surface area contributed by atoms with Gasteiger partial charge in [0.25, 0.3) is 0 Å². The number of benzene rings is 1. The van der Waals surface area contributed by atoms with Gasteiger partial charge in [-0.05, 0) is 19.8 Å². The zero-order valence-corrected chi connectivity index (χ0v) is 11.8. The van der Waals surface area contributed by atoms with Crippen molar-refractivity contribution in [1.29, 1.82) is 0 Å². The molecular weight excluding hydrogens is 254 g/mol. The number of carboxylic acids is 1. The van der Waals surface area contributed by atoms with Crippen LogP contribution in [0.4, 0.5) is 5.82 Å². The quantitative estimate of drug-likeness (QED) is 0.791. The summed E-state index contributed by atoms with van der Waals surface area (Å²) in [6.07, 6.45) is 1.44. The average molecular weight is 273 g/mol. The second kappa shape index (κ2) is 6.32. The lowest BCUT2D eigenvalue weighted by molar-refractivity contribution is -0.141. The van der Waals surface area contributed by atoms with Gasteiger partial charge in [-0.25, -0.2) is 0 Å². The zero-order chi connectivity index (χ0) is 14.5. The van der Waals surface area contributed by atoms with Gasteiger partial charge >= 0.3 is 5.97 Å². The molecule has 2 rings (SSSR count). The van der Waals surface area contributed by atoms with Gasteiger partial charge in [0.05, 0.1) is 11.6 Å². The van der Waals surface area contributed by atoms with E-state index in [1.807, 2.05) is 31.2 Å². The summed E-state index contributed by atoms with van der Waals surface area (Å²) < 4.78 is 0. The normalized spacial score (nSPS) is 12.3. The highest BCUT2D eigenvalue weighted by molar-refractivity contribution is 5.92. The zero-order valence-electron chi connectivity index (χ0n) is 11.8. The Morgan fingerprint density at radius 2 is 2.00 bits per heavy atom. The van der Waals surface area contributed by atoms with Crippen LogP contribution in [0.1, 0.15) is 25.5 Å². The number of anilines is 1. The summed E-state index contributed by atoms with van der Waals surface area (Å²) in [5, 5.41) is 22.5. The van der Waals surface area contributed by atoms with Gasteiger partial charge in [0.2, 0.25) is 0 Å². The van der Waals surface area contributed by atoms with Crippen LogP contribution in [0.15, 0.2) is 24.3 Å². The minimum Gasteiger partial charge on any atom is -0.481 e. The molecule has 1 heterocycles. The largest absolute Gasteiger partial charge is 0.481 e. The fourth-order valence-electron chi connectivity index (χ4n) is 2.11. The number of hydrogen-bond acceptors (Lipinski definition) is 4. The van der Waals surface area contributed by atoms with E-state index in [1.165, 1.54) is 0 Å². The van der Waals surface area contributed by atoms with E-state index in [-0.39, 0.29) is 5.92 Å². The van der Waals surface area contributed by atoms with Crippen molar-refractivity contribution >= 4 is 22.6 Å². The Hall–Kier alpha value is -2.17. The monoisotopic (exact) mass is 273 g/mol. The summed E-state index contributed by atoms with van der Waals surface area (Å²) in [5.41, 5.74) is 0.908. The summed E-state index contributed by atoms with van der Waals surface area (Å²) in [5.74, 6) is -0.294. The van der Waals surface area contributed by atoms with Crippen molar-refractivity contribution in [3.63, 3.8) is 0 Å². The van der Waals surface area contributed by atoms with Gasteiger partial charge in [0.15, 0.2) is 5.82 Å². The molecule has 1 unspecified atom stereocenters. The molecule has 5 heteroatoms. The molecule has 2 aromatic rings. The van der Waals surface area contributed by atoms with Crippen molar-refractivity contribution in [2.24, 2.45) is 5.92 Å². The minimum atomic E-state index is -0.745. The van der Waals surface area contributed by atoms with Crippen LogP contribution >= 0.6 is 0 Å². The van der Waals surface area contributed by atoms with E-state index < -0.39 is 5.97 Å². The van der Waals surface area contributed by atoms with Crippen LogP contribution in [0.3, 0.4) is 0 Å². The van der Waals surface area contributed by atoms with E-state index in [0.717, 1.165) is 28.7 Å². The van der Waals surface area contributed by atoms with Gasteiger partial charge in [-0.1, -0.05) is 31.2 Å². The first kappa shape index (κ1) is 14.2. The molecule has 20 heavy (non-hydrogen) atoms. The lowest BCUT2D eigenvalue weighted by Crippen LogP contribution is -2.12. The third-order valence-electron chi connectivity index (χ3n) is 3.40. The molecular formula is C15H19N3O2. The number of nitrogens with one attached hydrogen (secondary N) is 1. The van der Waals surface area contributed by atoms with E-state index in [2.05, 4.69) is 15.5 Å². The first-order chi connectivity index (χ1) is 9.59. The predicted molar refractivity (Wildman–Crippen MR) is 78.8 cm³/mol. The molecule has 2 N–H and O–H groups in total.